The van der Waals surface area contributed by atoms with E-state index in [1.54, 1.807) is 7.11 Å². The van der Waals surface area contributed by atoms with Crippen LogP contribution >= 0.6 is 0 Å². The molecule has 0 aromatic heterocycles. The molecular weight excluding hydrogens is 214 g/mol. The Hall–Kier alpha value is -1.06. The first-order chi connectivity index (χ1) is 8.20. The van der Waals surface area contributed by atoms with Gasteiger partial charge < -0.3 is 9.57 Å². The molecule has 0 aliphatic heterocycles. The third kappa shape index (κ3) is 2.99. The van der Waals surface area contributed by atoms with E-state index in [9.17, 15) is 0 Å². The van der Waals surface area contributed by atoms with Gasteiger partial charge in [0.15, 0.2) is 0 Å². The molecule has 94 valence electrons. The molecule has 3 heteroatoms. The number of ether oxygens (including phenoxy) is 1. The molecule has 1 aromatic carbocycles. The first kappa shape index (κ1) is 12.4. The van der Waals surface area contributed by atoms with Crippen molar-refractivity contribution in [1.82, 2.24) is 5.48 Å². The highest BCUT2D eigenvalue weighted by molar-refractivity contribution is 5.40. The highest BCUT2D eigenvalue weighted by Crippen LogP contribution is 2.33. The van der Waals surface area contributed by atoms with Crippen molar-refractivity contribution in [2.75, 3.05) is 13.7 Å². The van der Waals surface area contributed by atoms with Gasteiger partial charge in [0.1, 0.15) is 5.75 Å². The van der Waals surface area contributed by atoms with Crippen molar-refractivity contribution < 1.29 is 9.57 Å². The molecule has 17 heavy (non-hydrogen) atoms. The molecule has 0 fully saturated rings. The molecule has 0 bridgehead atoms. The maximum absolute atomic E-state index is 5.52. The van der Waals surface area contributed by atoms with E-state index < -0.39 is 0 Å². The molecule has 0 radical (unpaired) electrons. The summed E-state index contributed by atoms with van der Waals surface area (Å²) in [5.74, 6) is 1.47. The second-order valence-electron chi connectivity index (χ2n) is 4.98. The molecule has 1 aromatic rings. The Balaban J connectivity index is 2.00. The minimum atomic E-state index is 0.304. The van der Waals surface area contributed by atoms with Gasteiger partial charge in [0.05, 0.1) is 19.8 Å². The van der Waals surface area contributed by atoms with E-state index in [0.29, 0.717) is 12.0 Å². The van der Waals surface area contributed by atoms with E-state index in [-0.39, 0.29) is 0 Å². The lowest BCUT2D eigenvalue weighted by Crippen LogP contribution is -2.22. The lowest BCUT2D eigenvalue weighted by Gasteiger charge is -2.15. The van der Waals surface area contributed by atoms with Crippen LogP contribution in [0, 0.1) is 5.92 Å². The average molecular weight is 235 g/mol. The van der Waals surface area contributed by atoms with Crippen molar-refractivity contribution in [1.29, 1.82) is 0 Å². The number of fused-ring (bicyclic) bond motifs is 1. The summed E-state index contributed by atoms with van der Waals surface area (Å²) in [5.41, 5.74) is 5.88. The summed E-state index contributed by atoms with van der Waals surface area (Å²) in [4.78, 5) is 5.52. The van der Waals surface area contributed by atoms with Gasteiger partial charge in [-0.3, -0.25) is 0 Å². The second-order valence-corrected chi connectivity index (χ2v) is 4.98. The Morgan fingerprint density at radius 3 is 2.94 bits per heavy atom. The summed E-state index contributed by atoms with van der Waals surface area (Å²) in [7, 11) is 1.70. The van der Waals surface area contributed by atoms with Crippen LogP contribution in [0.1, 0.15) is 37.4 Å². The Labute approximate surface area is 103 Å². The number of methoxy groups -OCH3 is 1. The third-order valence-electron chi connectivity index (χ3n) is 3.07. The van der Waals surface area contributed by atoms with Crippen molar-refractivity contribution in [3.05, 3.63) is 29.3 Å². The van der Waals surface area contributed by atoms with Crippen molar-refractivity contribution in [3.8, 4) is 5.75 Å². The lowest BCUT2D eigenvalue weighted by atomic mass is 10.1. The summed E-state index contributed by atoms with van der Waals surface area (Å²) < 4.78 is 5.26. The smallest absolute Gasteiger partial charge is 0.119 e. The number of hydrogen-bond acceptors (Lipinski definition) is 3. The molecule has 1 N–H and O–H groups in total. The van der Waals surface area contributed by atoms with Gasteiger partial charge in [-0.2, -0.15) is 5.48 Å². The topological polar surface area (TPSA) is 30.5 Å². The van der Waals surface area contributed by atoms with Crippen LogP contribution in [0.4, 0.5) is 0 Å². The molecule has 1 atom stereocenters. The Bertz CT molecular complexity index is 376. The van der Waals surface area contributed by atoms with Crippen molar-refractivity contribution in [2.45, 2.75) is 32.7 Å². The molecule has 0 spiro atoms. The molecule has 0 heterocycles. The summed E-state index contributed by atoms with van der Waals surface area (Å²) in [6.07, 6.45) is 2.21. The van der Waals surface area contributed by atoms with Gasteiger partial charge >= 0.3 is 0 Å². The monoisotopic (exact) mass is 235 g/mol. The standard InChI is InChI=1S/C14H21NO2/c1-10(2)9-17-15-14-7-5-11-4-6-12(16-3)8-13(11)14/h4,6,8,10,14-15H,5,7,9H2,1-3H3. The third-order valence-corrected chi connectivity index (χ3v) is 3.07. The van der Waals surface area contributed by atoms with Crippen molar-refractivity contribution >= 4 is 0 Å². The van der Waals surface area contributed by atoms with E-state index in [1.807, 2.05) is 6.07 Å². The van der Waals surface area contributed by atoms with Gasteiger partial charge in [-0.05, 0) is 42.0 Å². The summed E-state index contributed by atoms with van der Waals surface area (Å²) in [6.45, 7) is 5.04. The zero-order valence-corrected chi connectivity index (χ0v) is 10.8. The maximum Gasteiger partial charge on any atom is 0.119 e. The van der Waals surface area contributed by atoms with Crippen LogP contribution in [0.5, 0.6) is 5.75 Å². The Kier molecular flexibility index (Phi) is 4.02. The van der Waals surface area contributed by atoms with E-state index in [1.165, 1.54) is 11.1 Å². The highest BCUT2D eigenvalue weighted by Gasteiger charge is 2.22. The molecule has 1 aliphatic rings. The summed E-state index contributed by atoms with van der Waals surface area (Å²) >= 11 is 0. The zero-order chi connectivity index (χ0) is 12.3. The van der Waals surface area contributed by atoms with Gasteiger partial charge in [0, 0.05) is 0 Å². The SMILES string of the molecule is COc1ccc2c(c1)C(NOCC(C)C)CC2. The fraction of sp³-hybridized carbons (Fsp3) is 0.571. The van der Waals surface area contributed by atoms with Gasteiger partial charge in [-0.1, -0.05) is 19.9 Å². The predicted molar refractivity (Wildman–Crippen MR) is 68.0 cm³/mol. The molecule has 2 rings (SSSR count). The fourth-order valence-corrected chi connectivity index (χ4v) is 2.15. The van der Waals surface area contributed by atoms with Crippen molar-refractivity contribution in [3.63, 3.8) is 0 Å². The van der Waals surface area contributed by atoms with Gasteiger partial charge in [0.2, 0.25) is 0 Å². The zero-order valence-electron chi connectivity index (χ0n) is 10.8. The van der Waals surface area contributed by atoms with Gasteiger partial charge in [-0.25, -0.2) is 0 Å². The quantitative estimate of drug-likeness (QED) is 0.796. The van der Waals surface area contributed by atoms with Gasteiger partial charge in [-0.15, -0.1) is 0 Å². The molecule has 3 nitrogen and oxygen atoms in total. The van der Waals surface area contributed by atoms with Crippen LogP contribution < -0.4 is 10.2 Å². The van der Waals surface area contributed by atoms with Crippen molar-refractivity contribution in [2.24, 2.45) is 5.92 Å². The van der Waals surface area contributed by atoms with Crippen LogP contribution in [-0.2, 0) is 11.3 Å². The summed E-state index contributed by atoms with van der Waals surface area (Å²) in [5, 5.41) is 0. The van der Waals surface area contributed by atoms with E-state index in [0.717, 1.165) is 25.2 Å². The van der Waals surface area contributed by atoms with E-state index in [2.05, 4.69) is 31.5 Å². The molecule has 0 saturated carbocycles. The molecular formula is C14H21NO2. The number of hydroxylamine groups is 1. The minimum absolute atomic E-state index is 0.304. The lowest BCUT2D eigenvalue weighted by molar-refractivity contribution is 0.000611. The van der Waals surface area contributed by atoms with E-state index in [4.69, 9.17) is 9.57 Å². The number of nitrogens with one attached hydrogen (secondary N) is 1. The van der Waals surface area contributed by atoms with Crippen LogP contribution in [-0.4, -0.2) is 13.7 Å². The number of rotatable bonds is 5. The van der Waals surface area contributed by atoms with Gasteiger partial charge in [0.25, 0.3) is 0 Å². The van der Waals surface area contributed by atoms with Crippen LogP contribution in [0.15, 0.2) is 18.2 Å². The maximum atomic E-state index is 5.52. The number of hydrogen-bond donors (Lipinski definition) is 1. The largest absolute Gasteiger partial charge is 0.497 e. The number of benzene rings is 1. The number of aryl methyl sites for hydroxylation is 1. The molecule has 0 amide bonds. The van der Waals surface area contributed by atoms with Crippen LogP contribution in [0.25, 0.3) is 0 Å². The van der Waals surface area contributed by atoms with Crippen LogP contribution in [0.2, 0.25) is 0 Å². The Morgan fingerprint density at radius 2 is 2.24 bits per heavy atom. The fourth-order valence-electron chi connectivity index (χ4n) is 2.15. The second kappa shape index (κ2) is 5.52. The minimum Gasteiger partial charge on any atom is -0.497 e. The Morgan fingerprint density at radius 1 is 1.41 bits per heavy atom. The molecule has 1 aliphatic carbocycles. The first-order valence-electron chi connectivity index (χ1n) is 6.25. The summed E-state index contributed by atoms with van der Waals surface area (Å²) in [6, 6.07) is 6.59. The molecule has 0 saturated heterocycles. The normalized spacial score (nSPS) is 18.5. The molecule has 1 unspecified atom stereocenters. The van der Waals surface area contributed by atoms with Crippen LogP contribution in [0.3, 0.4) is 0 Å². The average Bonchev–Trinajstić information content (AvgIpc) is 2.71. The van der Waals surface area contributed by atoms with E-state index >= 15 is 0 Å². The highest BCUT2D eigenvalue weighted by atomic mass is 16.6. The predicted octanol–water partition coefficient (Wildman–Crippen LogP) is 2.86. The first-order valence-corrected chi connectivity index (χ1v) is 6.25.